The SMILES string of the molecule is COc1c(Cl)cc(C)cc1/C(O)=C1/C(=O)C(=O)N(c2ccccc2C)C1c1ccco1. The number of methoxy groups -OCH3 is 1. The number of aliphatic hydroxyl groups is 1. The van der Waals surface area contributed by atoms with Gasteiger partial charge in [0.2, 0.25) is 0 Å². The van der Waals surface area contributed by atoms with Crippen molar-refractivity contribution >= 4 is 34.7 Å². The first-order valence-electron chi connectivity index (χ1n) is 9.59. The molecule has 7 heteroatoms. The van der Waals surface area contributed by atoms with Crippen LogP contribution in [0.4, 0.5) is 5.69 Å². The molecular formula is C24H20ClNO5. The van der Waals surface area contributed by atoms with Gasteiger partial charge in [-0.15, -0.1) is 0 Å². The van der Waals surface area contributed by atoms with Crippen molar-refractivity contribution in [2.24, 2.45) is 0 Å². The van der Waals surface area contributed by atoms with Crippen LogP contribution in [0.5, 0.6) is 5.75 Å². The molecule has 1 saturated heterocycles. The molecule has 0 aliphatic carbocycles. The summed E-state index contributed by atoms with van der Waals surface area (Å²) in [5.41, 5.74) is 2.25. The van der Waals surface area contributed by atoms with Crippen molar-refractivity contribution < 1.29 is 23.8 Å². The van der Waals surface area contributed by atoms with Crippen molar-refractivity contribution in [2.45, 2.75) is 19.9 Å². The molecule has 1 aliphatic heterocycles. The smallest absolute Gasteiger partial charge is 0.300 e. The molecule has 31 heavy (non-hydrogen) atoms. The molecule has 1 amide bonds. The van der Waals surface area contributed by atoms with E-state index in [-0.39, 0.29) is 27.7 Å². The second kappa shape index (κ2) is 7.96. The van der Waals surface area contributed by atoms with E-state index in [1.807, 2.05) is 19.1 Å². The number of ether oxygens (including phenoxy) is 1. The summed E-state index contributed by atoms with van der Waals surface area (Å²) in [6, 6.07) is 12.9. The molecule has 2 heterocycles. The molecule has 1 fully saturated rings. The molecular weight excluding hydrogens is 418 g/mol. The lowest BCUT2D eigenvalue weighted by molar-refractivity contribution is -0.132. The fourth-order valence-corrected chi connectivity index (χ4v) is 4.24. The Morgan fingerprint density at radius 3 is 2.52 bits per heavy atom. The minimum absolute atomic E-state index is 0.0943. The average Bonchev–Trinajstić information content (AvgIpc) is 3.35. The van der Waals surface area contributed by atoms with Crippen LogP contribution >= 0.6 is 11.6 Å². The largest absolute Gasteiger partial charge is 0.507 e. The van der Waals surface area contributed by atoms with E-state index in [9.17, 15) is 14.7 Å². The Labute approximate surface area is 184 Å². The van der Waals surface area contributed by atoms with Crippen molar-refractivity contribution in [3.05, 3.63) is 87.8 Å². The predicted octanol–water partition coefficient (Wildman–Crippen LogP) is 5.18. The molecule has 3 aromatic rings. The monoisotopic (exact) mass is 437 g/mol. The van der Waals surface area contributed by atoms with Gasteiger partial charge < -0.3 is 14.3 Å². The topological polar surface area (TPSA) is 80.0 Å². The summed E-state index contributed by atoms with van der Waals surface area (Å²) >= 11 is 6.29. The van der Waals surface area contributed by atoms with Gasteiger partial charge in [-0.25, -0.2) is 0 Å². The first-order chi connectivity index (χ1) is 14.8. The number of benzene rings is 2. The zero-order valence-electron chi connectivity index (χ0n) is 17.2. The van der Waals surface area contributed by atoms with Gasteiger partial charge in [0.25, 0.3) is 11.7 Å². The van der Waals surface area contributed by atoms with Crippen molar-refractivity contribution in [2.75, 3.05) is 12.0 Å². The first kappa shape index (κ1) is 20.8. The van der Waals surface area contributed by atoms with Crippen LogP contribution in [0.25, 0.3) is 5.76 Å². The number of carbonyl (C=O) groups excluding carboxylic acids is 2. The molecule has 2 aromatic carbocycles. The highest BCUT2D eigenvalue weighted by molar-refractivity contribution is 6.51. The number of aryl methyl sites for hydroxylation is 2. The number of nitrogens with zero attached hydrogens (tertiary/aromatic N) is 1. The molecule has 6 nitrogen and oxygen atoms in total. The van der Waals surface area contributed by atoms with E-state index in [0.717, 1.165) is 11.1 Å². The third-order valence-corrected chi connectivity index (χ3v) is 5.56. The Balaban J connectivity index is 2.00. The van der Waals surface area contributed by atoms with Gasteiger partial charge >= 0.3 is 0 Å². The first-order valence-corrected chi connectivity index (χ1v) is 9.97. The van der Waals surface area contributed by atoms with Gasteiger partial charge in [-0.1, -0.05) is 29.8 Å². The number of halogens is 1. The van der Waals surface area contributed by atoms with Gasteiger partial charge in [0.05, 0.1) is 29.5 Å². The van der Waals surface area contributed by atoms with Gasteiger partial charge in [-0.05, 0) is 55.3 Å². The standard InChI is InChI=1S/C24H20ClNO5/c1-13-11-15(23(30-3)16(25)12-13)21(27)19-20(18-9-6-10-31-18)26(24(29)22(19)28)17-8-5-4-7-14(17)2/h4-12,20,27H,1-3H3/b21-19-. The molecule has 1 aliphatic rings. The number of para-hydroxylation sites is 1. The van der Waals surface area contributed by atoms with Crippen LogP contribution in [0.15, 0.2) is 64.8 Å². The predicted molar refractivity (Wildman–Crippen MR) is 117 cm³/mol. The molecule has 0 bridgehead atoms. The summed E-state index contributed by atoms with van der Waals surface area (Å²) in [5, 5.41) is 11.6. The third-order valence-electron chi connectivity index (χ3n) is 5.28. The molecule has 1 atom stereocenters. The van der Waals surface area contributed by atoms with Gasteiger partial charge in [0.15, 0.2) is 0 Å². The lowest BCUT2D eigenvalue weighted by atomic mass is 9.97. The fraction of sp³-hybridized carbons (Fsp3) is 0.167. The summed E-state index contributed by atoms with van der Waals surface area (Å²) in [4.78, 5) is 27.6. The number of hydrogen-bond donors (Lipinski definition) is 1. The van der Waals surface area contributed by atoms with Crippen molar-refractivity contribution in [3.63, 3.8) is 0 Å². The van der Waals surface area contributed by atoms with Gasteiger partial charge in [-0.3, -0.25) is 14.5 Å². The van der Waals surface area contributed by atoms with Crippen molar-refractivity contribution in [1.29, 1.82) is 0 Å². The molecule has 0 radical (unpaired) electrons. The molecule has 0 saturated carbocycles. The minimum atomic E-state index is -0.944. The molecule has 158 valence electrons. The van der Waals surface area contributed by atoms with E-state index in [2.05, 4.69) is 0 Å². The number of amides is 1. The van der Waals surface area contributed by atoms with E-state index in [1.165, 1.54) is 18.3 Å². The van der Waals surface area contributed by atoms with Crippen molar-refractivity contribution in [3.8, 4) is 5.75 Å². The fourth-order valence-electron chi connectivity index (χ4n) is 3.89. The van der Waals surface area contributed by atoms with Crippen LogP contribution in [0.2, 0.25) is 5.02 Å². The maximum absolute atomic E-state index is 13.2. The third kappa shape index (κ3) is 3.39. The minimum Gasteiger partial charge on any atom is -0.507 e. The maximum Gasteiger partial charge on any atom is 0.300 e. The molecule has 4 rings (SSSR count). The van der Waals surface area contributed by atoms with Gasteiger partial charge in [0, 0.05) is 5.69 Å². The average molecular weight is 438 g/mol. The summed E-state index contributed by atoms with van der Waals surface area (Å²) in [6.45, 7) is 3.65. The number of rotatable bonds is 4. The van der Waals surface area contributed by atoms with Crippen LogP contribution in [0.1, 0.15) is 28.5 Å². The number of ketones is 1. The number of anilines is 1. The zero-order chi connectivity index (χ0) is 22.3. The van der Waals surface area contributed by atoms with Crippen LogP contribution in [-0.4, -0.2) is 23.9 Å². The molecule has 1 aromatic heterocycles. The highest BCUT2D eigenvalue weighted by Gasteiger charge is 2.48. The highest BCUT2D eigenvalue weighted by Crippen LogP contribution is 2.45. The van der Waals surface area contributed by atoms with Crippen LogP contribution in [0, 0.1) is 13.8 Å². The van der Waals surface area contributed by atoms with Crippen LogP contribution in [0.3, 0.4) is 0 Å². The van der Waals surface area contributed by atoms with E-state index >= 15 is 0 Å². The summed E-state index contributed by atoms with van der Waals surface area (Å²) < 4.78 is 10.9. The second-order valence-electron chi connectivity index (χ2n) is 7.30. The quantitative estimate of drug-likeness (QED) is 0.345. The Hall–Kier alpha value is -3.51. The second-order valence-corrected chi connectivity index (χ2v) is 7.71. The van der Waals surface area contributed by atoms with E-state index in [1.54, 1.807) is 43.3 Å². The number of aliphatic hydroxyl groups excluding tert-OH is 1. The Morgan fingerprint density at radius 2 is 1.87 bits per heavy atom. The van der Waals surface area contributed by atoms with Crippen molar-refractivity contribution in [1.82, 2.24) is 0 Å². The molecule has 1 N–H and O–H groups in total. The lowest BCUT2D eigenvalue weighted by Crippen LogP contribution is -2.29. The summed E-state index contributed by atoms with van der Waals surface area (Å²) in [5.74, 6) is -1.39. The summed E-state index contributed by atoms with van der Waals surface area (Å²) in [6.07, 6.45) is 1.46. The van der Waals surface area contributed by atoms with E-state index in [4.69, 9.17) is 20.8 Å². The van der Waals surface area contributed by atoms with Gasteiger partial charge in [-0.2, -0.15) is 0 Å². The number of carbonyl (C=O) groups is 2. The summed E-state index contributed by atoms with van der Waals surface area (Å²) in [7, 11) is 1.42. The Bertz CT molecular complexity index is 1210. The number of Topliss-reactive ketones (excluding diaryl/α,β-unsaturated/α-hetero) is 1. The van der Waals surface area contributed by atoms with Crippen LogP contribution in [-0.2, 0) is 9.59 Å². The molecule has 1 unspecified atom stereocenters. The number of furan rings is 1. The Kier molecular flexibility index (Phi) is 5.33. The van der Waals surface area contributed by atoms with E-state index < -0.39 is 17.7 Å². The molecule has 0 spiro atoms. The highest BCUT2D eigenvalue weighted by atomic mass is 35.5. The normalized spacial score (nSPS) is 17.9. The Morgan fingerprint density at radius 1 is 1.13 bits per heavy atom. The zero-order valence-corrected chi connectivity index (χ0v) is 17.9. The maximum atomic E-state index is 13.2. The van der Waals surface area contributed by atoms with Crippen LogP contribution < -0.4 is 9.64 Å². The van der Waals surface area contributed by atoms with Gasteiger partial charge in [0.1, 0.15) is 23.3 Å². The lowest BCUT2D eigenvalue weighted by Gasteiger charge is -2.25. The van der Waals surface area contributed by atoms with E-state index in [0.29, 0.717) is 11.4 Å². The number of hydrogen-bond acceptors (Lipinski definition) is 5.